The van der Waals surface area contributed by atoms with Gasteiger partial charge in [-0.25, -0.2) is 4.98 Å². The van der Waals surface area contributed by atoms with Crippen molar-refractivity contribution in [2.24, 2.45) is 0 Å². The SMILES string of the molecule is O=C1c2ccc([N+](=O)[O-])cc2C(=O)N1Cc1cc(Cl)nc(Cl)c1. The van der Waals surface area contributed by atoms with Crippen molar-refractivity contribution in [3.05, 3.63) is 67.4 Å². The van der Waals surface area contributed by atoms with Crippen LogP contribution in [0.25, 0.3) is 0 Å². The van der Waals surface area contributed by atoms with Crippen LogP contribution in [0, 0.1) is 10.1 Å². The standard InChI is InChI=1S/C14H7Cl2N3O4/c15-11-3-7(4-12(16)17-11)6-18-13(20)9-2-1-8(19(22)23)5-10(9)14(18)21/h1-5H,6H2. The van der Waals surface area contributed by atoms with Crippen LogP contribution in [0.2, 0.25) is 10.3 Å². The summed E-state index contributed by atoms with van der Waals surface area (Å²) in [5.74, 6) is -1.12. The van der Waals surface area contributed by atoms with E-state index in [0.717, 1.165) is 11.0 Å². The number of amides is 2. The number of rotatable bonds is 3. The van der Waals surface area contributed by atoms with Gasteiger partial charge in [-0.1, -0.05) is 23.2 Å². The van der Waals surface area contributed by atoms with E-state index >= 15 is 0 Å². The van der Waals surface area contributed by atoms with Gasteiger partial charge in [0.25, 0.3) is 17.5 Å². The van der Waals surface area contributed by atoms with E-state index in [4.69, 9.17) is 23.2 Å². The molecular weight excluding hydrogens is 345 g/mol. The number of imide groups is 1. The highest BCUT2D eigenvalue weighted by molar-refractivity contribution is 6.32. The molecule has 1 aromatic carbocycles. The molecule has 0 bridgehead atoms. The molecule has 1 aliphatic rings. The average Bonchev–Trinajstić information content (AvgIpc) is 2.71. The van der Waals surface area contributed by atoms with Crippen LogP contribution in [0.4, 0.5) is 5.69 Å². The van der Waals surface area contributed by atoms with Crippen LogP contribution < -0.4 is 0 Å². The van der Waals surface area contributed by atoms with Crippen molar-refractivity contribution in [2.45, 2.75) is 6.54 Å². The number of benzene rings is 1. The molecular formula is C14H7Cl2N3O4. The quantitative estimate of drug-likeness (QED) is 0.366. The van der Waals surface area contributed by atoms with Gasteiger partial charge in [0.15, 0.2) is 0 Å². The fraction of sp³-hybridized carbons (Fsp3) is 0.0714. The second kappa shape index (κ2) is 5.60. The average molecular weight is 352 g/mol. The van der Waals surface area contributed by atoms with Gasteiger partial charge in [0.2, 0.25) is 0 Å². The molecule has 116 valence electrons. The minimum absolute atomic E-state index is 0.00968. The summed E-state index contributed by atoms with van der Waals surface area (Å²) in [5.41, 5.74) is 0.419. The second-order valence-corrected chi connectivity index (χ2v) is 5.58. The molecule has 0 N–H and O–H groups in total. The van der Waals surface area contributed by atoms with Gasteiger partial charge < -0.3 is 0 Å². The van der Waals surface area contributed by atoms with Gasteiger partial charge in [0.1, 0.15) is 10.3 Å². The fourth-order valence-corrected chi connectivity index (χ4v) is 2.83. The third-order valence-electron chi connectivity index (χ3n) is 3.33. The van der Waals surface area contributed by atoms with Crippen molar-refractivity contribution >= 4 is 40.7 Å². The maximum Gasteiger partial charge on any atom is 0.270 e. The molecule has 2 aromatic rings. The lowest BCUT2D eigenvalue weighted by Gasteiger charge is -2.14. The van der Waals surface area contributed by atoms with Crippen molar-refractivity contribution in [1.82, 2.24) is 9.88 Å². The molecule has 0 saturated heterocycles. The first-order valence-corrected chi connectivity index (χ1v) is 7.09. The highest BCUT2D eigenvalue weighted by atomic mass is 35.5. The van der Waals surface area contributed by atoms with Crippen LogP contribution in [-0.2, 0) is 6.54 Å². The van der Waals surface area contributed by atoms with Crippen LogP contribution >= 0.6 is 23.2 Å². The maximum absolute atomic E-state index is 12.4. The molecule has 1 aromatic heterocycles. The van der Waals surface area contributed by atoms with E-state index in [9.17, 15) is 19.7 Å². The summed E-state index contributed by atoms with van der Waals surface area (Å²) in [6, 6.07) is 6.54. The zero-order valence-corrected chi connectivity index (χ0v) is 12.8. The van der Waals surface area contributed by atoms with E-state index < -0.39 is 16.7 Å². The van der Waals surface area contributed by atoms with Gasteiger partial charge in [-0.2, -0.15) is 0 Å². The minimum Gasteiger partial charge on any atom is -0.270 e. The number of fused-ring (bicyclic) bond motifs is 1. The van der Waals surface area contributed by atoms with Gasteiger partial charge in [0, 0.05) is 12.1 Å². The number of nitrogens with zero attached hydrogens (tertiary/aromatic N) is 3. The van der Waals surface area contributed by atoms with Crippen molar-refractivity contribution < 1.29 is 14.5 Å². The number of nitro groups is 1. The summed E-state index contributed by atoms with van der Waals surface area (Å²) in [4.78, 5) is 39.6. The summed E-state index contributed by atoms with van der Waals surface area (Å²) in [5, 5.41) is 11.1. The smallest absolute Gasteiger partial charge is 0.270 e. The third kappa shape index (κ3) is 2.76. The molecule has 0 unspecified atom stereocenters. The number of nitro benzene ring substituents is 1. The Morgan fingerprint density at radius 3 is 2.26 bits per heavy atom. The molecule has 2 amide bonds. The molecule has 3 rings (SSSR count). The molecule has 0 atom stereocenters. The Bertz CT molecular complexity index is 849. The zero-order chi connectivity index (χ0) is 16.7. The zero-order valence-electron chi connectivity index (χ0n) is 11.3. The van der Waals surface area contributed by atoms with Gasteiger partial charge >= 0.3 is 0 Å². The first kappa shape index (κ1) is 15.4. The first-order valence-electron chi connectivity index (χ1n) is 6.33. The van der Waals surface area contributed by atoms with Crippen LogP contribution in [0.5, 0.6) is 0 Å². The molecule has 7 nitrogen and oxygen atoms in total. The Morgan fingerprint density at radius 1 is 1.04 bits per heavy atom. The van der Waals surface area contributed by atoms with Gasteiger partial charge in [0.05, 0.1) is 22.6 Å². The Kier molecular flexibility index (Phi) is 3.75. The van der Waals surface area contributed by atoms with Crippen LogP contribution in [0.15, 0.2) is 30.3 Å². The summed E-state index contributed by atoms with van der Waals surface area (Å²) >= 11 is 11.6. The number of hydrogen-bond acceptors (Lipinski definition) is 5. The largest absolute Gasteiger partial charge is 0.270 e. The molecule has 0 saturated carbocycles. The van der Waals surface area contributed by atoms with Gasteiger partial charge in [-0.05, 0) is 23.8 Å². The Hall–Kier alpha value is -2.51. The number of halogens is 2. The van der Waals surface area contributed by atoms with Crippen LogP contribution in [0.3, 0.4) is 0 Å². The number of pyridine rings is 1. The summed E-state index contributed by atoms with van der Waals surface area (Å²) in [6.07, 6.45) is 0. The number of aromatic nitrogens is 1. The number of carbonyl (C=O) groups excluding carboxylic acids is 2. The third-order valence-corrected chi connectivity index (χ3v) is 3.72. The molecule has 0 radical (unpaired) electrons. The van der Waals surface area contributed by atoms with E-state index in [0.29, 0.717) is 5.56 Å². The number of hydrogen-bond donors (Lipinski definition) is 0. The molecule has 23 heavy (non-hydrogen) atoms. The minimum atomic E-state index is -0.622. The van der Waals surface area contributed by atoms with Crippen molar-refractivity contribution in [3.63, 3.8) is 0 Å². The summed E-state index contributed by atoms with van der Waals surface area (Å²) < 4.78 is 0. The van der Waals surface area contributed by atoms with Gasteiger partial charge in [-0.15, -0.1) is 0 Å². The van der Waals surface area contributed by atoms with E-state index in [1.165, 1.54) is 24.3 Å². The lowest BCUT2D eigenvalue weighted by molar-refractivity contribution is -0.384. The Morgan fingerprint density at radius 2 is 1.65 bits per heavy atom. The molecule has 0 fully saturated rings. The van der Waals surface area contributed by atoms with E-state index in [1.807, 2.05) is 0 Å². The maximum atomic E-state index is 12.4. The molecule has 2 heterocycles. The summed E-state index contributed by atoms with van der Waals surface area (Å²) in [6.45, 7) is -0.0535. The van der Waals surface area contributed by atoms with Crippen LogP contribution in [0.1, 0.15) is 26.3 Å². The molecule has 0 spiro atoms. The second-order valence-electron chi connectivity index (χ2n) is 4.80. The first-order chi connectivity index (χ1) is 10.9. The highest BCUT2D eigenvalue weighted by Gasteiger charge is 2.36. The Balaban J connectivity index is 1.95. The fourth-order valence-electron chi connectivity index (χ4n) is 2.32. The predicted octanol–water partition coefficient (Wildman–Crippen LogP) is 3.09. The monoisotopic (exact) mass is 351 g/mol. The molecule has 9 heteroatoms. The normalized spacial score (nSPS) is 13.4. The van der Waals surface area contributed by atoms with Crippen molar-refractivity contribution in [2.75, 3.05) is 0 Å². The summed E-state index contributed by atoms with van der Waals surface area (Å²) in [7, 11) is 0. The molecule has 0 aliphatic carbocycles. The Labute approximate surface area is 139 Å². The van der Waals surface area contributed by atoms with E-state index in [2.05, 4.69) is 4.98 Å². The predicted molar refractivity (Wildman–Crippen MR) is 81.6 cm³/mol. The van der Waals surface area contributed by atoms with E-state index in [-0.39, 0.29) is 33.7 Å². The molecule has 1 aliphatic heterocycles. The van der Waals surface area contributed by atoms with Crippen LogP contribution in [-0.4, -0.2) is 26.6 Å². The van der Waals surface area contributed by atoms with E-state index in [1.54, 1.807) is 0 Å². The lowest BCUT2D eigenvalue weighted by atomic mass is 10.1. The topological polar surface area (TPSA) is 93.4 Å². The van der Waals surface area contributed by atoms with Gasteiger partial charge in [-0.3, -0.25) is 24.6 Å². The van der Waals surface area contributed by atoms with Crippen molar-refractivity contribution in [3.8, 4) is 0 Å². The lowest BCUT2D eigenvalue weighted by Crippen LogP contribution is -2.29. The van der Waals surface area contributed by atoms with Crippen molar-refractivity contribution in [1.29, 1.82) is 0 Å². The number of carbonyl (C=O) groups is 2. The highest BCUT2D eigenvalue weighted by Crippen LogP contribution is 2.28. The number of non-ortho nitro benzene ring substituents is 1.